The maximum atomic E-state index is 12.0. The van der Waals surface area contributed by atoms with Crippen molar-refractivity contribution in [3.8, 4) is 0 Å². The quantitative estimate of drug-likeness (QED) is 0.834. The van der Waals surface area contributed by atoms with Gasteiger partial charge < -0.3 is 10.1 Å². The molecule has 0 saturated carbocycles. The number of nitrogens with one attached hydrogen (secondary N) is 1. The van der Waals surface area contributed by atoms with Gasteiger partial charge in [-0.05, 0) is 13.3 Å². The van der Waals surface area contributed by atoms with Crippen molar-refractivity contribution >= 4 is 22.8 Å². The van der Waals surface area contributed by atoms with E-state index in [1.807, 2.05) is 20.9 Å². The summed E-state index contributed by atoms with van der Waals surface area (Å²) in [6.07, 6.45) is 4.63. The molecule has 2 aromatic rings. The fourth-order valence-corrected chi connectivity index (χ4v) is 2.26. The number of carbonyl (C=O) groups excluding carboxylic acids is 1. The summed E-state index contributed by atoms with van der Waals surface area (Å²) in [6, 6.07) is 0. The van der Waals surface area contributed by atoms with Crippen LogP contribution in [0.1, 0.15) is 26.7 Å². The van der Waals surface area contributed by atoms with Crippen molar-refractivity contribution in [2.45, 2.75) is 32.2 Å². The molecule has 1 N–H and O–H groups in total. The molecule has 2 heterocycles. The first-order valence-corrected chi connectivity index (χ1v) is 6.51. The van der Waals surface area contributed by atoms with Crippen molar-refractivity contribution in [1.82, 2.24) is 19.7 Å². The van der Waals surface area contributed by atoms with Crippen LogP contribution in [0.25, 0.3) is 11.0 Å². The number of fused-ring (bicyclic) bond motifs is 1. The number of methoxy groups -OCH3 is 1. The number of hydrogen-bond donors (Lipinski definition) is 1. The molecule has 20 heavy (non-hydrogen) atoms. The van der Waals surface area contributed by atoms with Crippen molar-refractivity contribution in [1.29, 1.82) is 0 Å². The summed E-state index contributed by atoms with van der Waals surface area (Å²) in [5.41, 5.74) is -0.105. The van der Waals surface area contributed by atoms with E-state index in [1.165, 1.54) is 13.4 Å². The Morgan fingerprint density at radius 2 is 2.25 bits per heavy atom. The third-order valence-electron chi connectivity index (χ3n) is 3.31. The number of esters is 1. The smallest absolute Gasteiger partial charge is 0.331 e. The van der Waals surface area contributed by atoms with Crippen molar-refractivity contribution in [2.75, 3.05) is 12.4 Å². The molecule has 7 nitrogen and oxygen atoms in total. The van der Waals surface area contributed by atoms with E-state index in [0.29, 0.717) is 17.9 Å². The summed E-state index contributed by atoms with van der Waals surface area (Å²) in [5.74, 6) is 0.277. The Labute approximate surface area is 117 Å². The second-order valence-corrected chi connectivity index (χ2v) is 4.93. The van der Waals surface area contributed by atoms with E-state index in [0.717, 1.165) is 11.8 Å². The molecule has 0 aliphatic carbocycles. The number of aromatic nitrogens is 4. The standard InChI is InChI=1S/C13H19N5O2/c1-5-6-13(2,12(19)20-4)17-10-9-7-16-18(3)11(9)15-8-14-10/h7-8H,5-6H2,1-4H3,(H,14,15,17). The molecule has 0 saturated heterocycles. The largest absolute Gasteiger partial charge is 0.467 e. The molecule has 0 spiro atoms. The van der Waals surface area contributed by atoms with Gasteiger partial charge in [0.1, 0.15) is 17.7 Å². The van der Waals surface area contributed by atoms with Gasteiger partial charge in [-0.25, -0.2) is 14.8 Å². The predicted molar refractivity (Wildman–Crippen MR) is 75.3 cm³/mol. The Bertz CT molecular complexity index is 624. The number of hydrogen-bond acceptors (Lipinski definition) is 6. The van der Waals surface area contributed by atoms with Crippen LogP contribution in [0.3, 0.4) is 0 Å². The average Bonchev–Trinajstić information content (AvgIpc) is 2.81. The van der Waals surface area contributed by atoms with E-state index in [-0.39, 0.29) is 5.97 Å². The number of ether oxygens (including phenoxy) is 1. The highest BCUT2D eigenvalue weighted by atomic mass is 16.5. The second kappa shape index (κ2) is 5.44. The fraction of sp³-hybridized carbons (Fsp3) is 0.538. The molecule has 1 atom stereocenters. The summed E-state index contributed by atoms with van der Waals surface area (Å²) in [5, 5.41) is 8.12. The highest BCUT2D eigenvalue weighted by molar-refractivity contribution is 5.90. The van der Waals surface area contributed by atoms with Gasteiger partial charge in [-0.15, -0.1) is 0 Å². The fourth-order valence-electron chi connectivity index (χ4n) is 2.26. The summed E-state index contributed by atoms with van der Waals surface area (Å²) < 4.78 is 6.56. The third kappa shape index (κ3) is 2.43. The second-order valence-electron chi connectivity index (χ2n) is 4.93. The maximum absolute atomic E-state index is 12.0. The van der Waals surface area contributed by atoms with Crippen LogP contribution in [-0.2, 0) is 16.6 Å². The van der Waals surface area contributed by atoms with E-state index in [4.69, 9.17) is 4.74 Å². The minimum absolute atomic E-state index is 0.310. The van der Waals surface area contributed by atoms with Crippen LogP contribution in [0.5, 0.6) is 0 Å². The van der Waals surface area contributed by atoms with E-state index >= 15 is 0 Å². The molecule has 1 unspecified atom stereocenters. The summed E-state index contributed by atoms with van der Waals surface area (Å²) >= 11 is 0. The topological polar surface area (TPSA) is 81.9 Å². The van der Waals surface area contributed by atoms with Crippen LogP contribution in [0.2, 0.25) is 0 Å². The van der Waals surface area contributed by atoms with Crippen LogP contribution in [0.4, 0.5) is 5.82 Å². The van der Waals surface area contributed by atoms with Crippen LogP contribution in [0.15, 0.2) is 12.5 Å². The normalized spacial score (nSPS) is 14.0. The van der Waals surface area contributed by atoms with Crippen LogP contribution < -0.4 is 5.32 Å². The van der Waals surface area contributed by atoms with E-state index in [2.05, 4.69) is 20.4 Å². The highest BCUT2D eigenvalue weighted by Gasteiger charge is 2.34. The van der Waals surface area contributed by atoms with Gasteiger partial charge in [-0.3, -0.25) is 4.68 Å². The van der Waals surface area contributed by atoms with Gasteiger partial charge in [-0.2, -0.15) is 5.10 Å². The first kappa shape index (κ1) is 14.2. The molecule has 0 amide bonds. The molecule has 0 aliphatic heterocycles. The lowest BCUT2D eigenvalue weighted by molar-refractivity contribution is -0.145. The SMILES string of the molecule is CCCC(C)(Nc1ncnc2c1cnn2C)C(=O)OC. The van der Waals surface area contributed by atoms with Crippen molar-refractivity contribution in [3.63, 3.8) is 0 Å². The molecule has 0 fully saturated rings. The Balaban J connectivity index is 2.41. The summed E-state index contributed by atoms with van der Waals surface area (Å²) in [6.45, 7) is 3.83. The first-order valence-electron chi connectivity index (χ1n) is 6.51. The Kier molecular flexibility index (Phi) is 3.87. The van der Waals surface area contributed by atoms with Gasteiger partial charge >= 0.3 is 5.97 Å². The van der Waals surface area contributed by atoms with Gasteiger partial charge in [0.05, 0.1) is 18.7 Å². The van der Waals surface area contributed by atoms with Gasteiger partial charge in [0.15, 0.2) is 5.65 Å². The molecule has 108 valence electrons. The molecule has 2 aromatic heterocycles. The van der Waals surface area contributed by atoms with Crippen molar-refractivity contribution < 1.29 is 9.53 Å². The van der Waals surface area contributed by atoms with E-state index in [1.54, 1.807) is 10.9 Å². The number of carbonyl (C=O) groups is 1. The van der Waals surface area contributed by atoms with E-state index in [9.17, 15) is 4.79 Å². The van der Waals surface area contributed by atoms with Crippen molar-refractivity contribution in [2.24, 2.45) is 7.05 Å². The van der Waals surface area contributed by atoms with Crippen LogP contribution >= 0.6 is 0 Å². The molecule has 0 aliphatic rings. The molecule has 0 bridgehead atoms. The molecule has 0 aromatic carbocycles. The lowest BCUT2D eigenvalue weighted by Crippen LogP contribution is -2.44. The number of nitrogens with zero attached hydrogens (tertiary/aromatic N) is 4. The van der Waals surface area contributed by atoms with Gasteiger partial charge in [-0.1, -0.05) is 13.3 Å². The zero-order chi connectivity index (χ0) is 14.8. The molecule has 0 radical (unpaired) electrons. The maximum Gasteiger partial charge on any atom is 0.331 e. The molecular formula is C13H19N5O2. The molecular weight excluding hydrogens is 258 g/mol. The van der Waals surface area contributed by atoms with Gasteiger partial charge in [0.2, 0.25) is 0 Å². The minimum atomic E-state index is -0.819. The third-order valence-corrected chi connectivity index (χ3v) is 3.31. The lowest BCUT2D eigenvalue weighted by Gasteiger charge is -2.28. The number of rotatable bonds is 5. The number of aryl methyl sites for hydroxylation is 1. The first-order chi connectivity index (χ1) is 9.51. The Morgan fingerprint density at radius 1 is 1.50 bits per heavy atom. The van der Waals surface area contributed by atoms with Gasteiger partial charge in [0.25, 0.3) is 0 Å². The van der Waals surface area contributed by atoms with Crippen LogP contribution in [0, 0.1) is 0 Å². The Morgan fingerprint density at radius 3 is 2.90 bits per heavy atom. The zero-order valence-corrected chi connectivity index (χ0v) is 12.2. The molecule has 2 rings (SSSR count). The summed E-state index contributed by atoms with van der Waals surface area (Å²) in [7, 11) is 3.20. The predicted octanol–water partition coefficient (Wildman–Crippen LogP) is 1.51. The lowest BCUT2D eigenvalue weighted by atomic mass is 9.96. The summed E-state index contributed by atoms with van der Waals surface area (Å²) in [4.78, 5) is 20.4. The average molecular weight is 277 g/mol. The highest BCUT2D eigenvalue weighted by Crippen LogP contribution is 2.25. The zero-order valence-electron chi connectivity index (χ0n) is 12.2. The van der Waals surface area contributed by atoms with Gasteiger partial charge in [0, 0.05) is 7.05 Å². The van der Waals surface area contributed by atoms with E-state index < -0.39 is 5.54 Å². The minimum Gasteiger partial charge on any atom is -0.467 e. The van der Waals surface area contributed by atoms with Crippen molar-refractivity contribution in [3.05, 3.63) is 12.5 Å². The monoisotopic (exact) mass is 277 g/mol. The number of anilines is 1. The molecule has 7 heteroatoms. The van der Waals surface area contributed by atoms with Crippen LogP contribution in [-0.4, -0.2) is 38.4 Å². The Hall–Kier alpha value is -2.18.